The highest BCUT2D eigenvalue weighted by Gasteiger charge is 2.47. The summed E-state index contributed by atoms with van der Waals surface area (Å²) in [5.41, 5.74) is 13.6. The molecular weight excluding hydrogens is 232 g/mol. The van der Waals surface area contributed by atoms with Crippen LogP contribution < -0.4 is 5.73 Å². The molecule has 0 aromatic rings. The third kappa shape index (κ3) is 2.65. The van der Waals surface area contributed by atoms with Crippen LogP contribution in [0.2, 0.25) is 0 Å². The van der Waals surface area contributed by atoms with Crippen molar-refractivity contribution in [1.29, 1.82) is 0 Å². The molecule has 0 saturated carbocycles. The highest BCUT2D eigenvalue weighted by molar-refractivity contribution is 5.79. The number of aliphatic hydroxyl groups excluding tert-OH is 1. The van der Waals surface area contributed by atoms with E-state index >= 15 is 0 Å². The molecule has 0 radical (unpaired) electrons. The SMILES string of the molecule is CO[C@@H]1O[C@H](C(N)=O)[C@@H](OC)[C@H](N=[N+]=[N-])[C@H]1O. The van der Waals surface area contributed by atoms with Gasteiger partial charge in [0.15, 0.2) is 12.4 Å². The number of methoxy groups -OCH3 is 2. The second-order valence-electron chi connectivity index (χ2n) is 3.45. The highest BCUT2D eigenvalue weighted by atomic mass is 16.7. The van der Waals surface area contributed by atoms with Gasteiger partial charge in [0.25, 0.3) is 0 Å². The first-order valence-electron chi connectivity index (χ1n) is 4.79. The van der Waals surface area contributed by atoms with Gasteiger partial charge in [-0.1, -0.05) is 5.11 Å². The number of nitrogens with zero attached hydrogens (tertiary/aromatic N) is 3. The van der Waals surface area contributed by atoms with E-state index < -0.39 is 36.6 Å². The third-order valence-electron chi connectivity index (χ3n) is 2.51. The molecule has 0 aromatic heterocycles. The summed E-state index contributed by atoms with van der Waals surface area (Å²) >= 11 is 0. The second-order valence-corrected chi connectivity index (χ2v) is 3.45. The molecule has 1 heterocycles. The summed E-state index contributed by atoms with van der Waals surface area (Å²) in [6.07, 6.45) is -4.44. The van der Waals surface area contributed by atoms with Gasteiger partial charge in [-0.05, 0) is 5.53 Å². The van der Waals surface area contributed by atoms with Gasteiger partial charge in [-0.2, -0.15) is 0 Å². The van der Waals surface area contributed by atoms with Crippen molar-refractivity contribution in [3.05, 3.63) is 10.4 Å². The molecule has 1 aliphatic heterocycles. The average Bonchev–Trinajstić information content (AvgIpc) is 2.31. The average molecular weight is 246 g/mol. The summed E-state index contributed by atoms with van der Waals surface area (Å²) in [5, 5.41) is 13.2. The van der Waals surface area contributed by atoms with Gasteiger partial charge in [0.2, 0.25) is 5.91 Å². The zero-order chi connectivity index (χ0) is 13.0. The largest absolute Gasteiger partial charge is 0.387 e. The zero-order valence-electron chi connectivity index (χ0n) is 9.39. The van der Waals surface area contributed by atoms with Gasteiger partial charge in [-0.3, -0.25) is 4.79 Å². The molecule has 3 N–H and O–H groups in total. The molecule has 1 aliphatic rings. The van der Waals surface area contributed by atoms with Crippen molar-refractivity contribution in [2.24, 2.45) is 10.8 Å². The van der Waals surface area contributed by atoms with Crippen LogP contribution in [-0.4, -0.2) is 55.9 Å². The summed E-state index contributed by atoms with van der Waals surface area (Å²) in [4.78, 5) is 13.8. The Hall–Kier alpha value is -1.38. The van der Waals surface area contributed by atoms with E-state index in [9.17, 15) is 9.90 Å². The van der Waals surface area contributed by atoms with Crippen molar-refractivity contribution in [2.45, 2.75) is 30.6 Å². The fourth-order valence-corrected chi connectivity index (χ4v) is 1.72. The van der Waals surface area contributed by atoms with Crippen LogP contribution in [0.1, 0.15) is 0 Å². The van der Waals surface area contributed by atoms with Crippen LogP contribution in [0.5, 0.6) is 0 Å². The minimum Gasteiger partial charge on any atom is -0.387 e. The number of aliphatic hydroxyl groups is 1. The van der Waals surface area contributed by atoms with Crippen LogP contribution in [0.4, 0.5) is 0 Å². The molecule has 0 unspecified atom stereocenters. The van der Waals surface area contributed by atoms with E-state index in [4.69, 9.17) is 25.5 Å². The molecule has 96 valence electrons. The molecule has 17 heavy (non-hydrogen) atoms. The molecule has 1 amide bonds. The van der Waals surface area contributed by atoms with Gasteiger partial charge >= 0.3 is 0 Å². The van der Waals surface area contributed by atoms with Crippen LogP contribution >= 0.6 is 0 Å². The Balaban J connectivity index is 3.03. The summed E-state index contributed by atoms with van der Waals surface area (Å²) in [6, 6.07) is -1.01. The Labute approximate surface area is 97.1 Å². The van der Waals surface area contributed by atoms with Crippen molar-refractivity contribution in [2.75, 3.05) is 14.2 Å². The normalized spacial score (nSPS) is 37.2. The van der Waals surface area contributed by atoms with Crippen LogP contribution in [-0.2, 0) is 19.0 Å². The second kappa shape index (κ2) is 5.80. The van der Waals surface area contributed by atoms with E-state index in [0.717, 1.165) is 0 Å². The molecule has 5 atom stereocenters. The predicted molar refractivity (Wildman–Crippen MR) is 54.6 cm³/mol. The molecule has 1 fully saturated rings. The first kappa shape index (κ1) is 13.7. The number of ether oxygens (including phenoxy) is 3. The number of carbonyl (C=O) groups is 1. The zero-order valence-corrected chi connectivity index (χ0v) is 9.39. The Morgan fingerprint density at radius 2 is 2.18 bits per heavy atom. The number of hydrogen-bond acceptors (Lipinski definition) is 6. The number of azide groups is 1. The minimum absolute atomic E-state index is 0.788. The van der Waals surface area contributed by atoms with Crippen molar-refractivity contribution in [1.82, 2.24) is 0 Å². The van der Waals surface area contributed by atoms with Gasteiger partial charge in [0.05, 0.1) is 6.04 Å². The van der Waals surface area contributed by atoms with E-state index in [1.165, 1.54) is 14.2 Å². The van der Waals surface area contributed by atoms with Crippen molar-refractivity contribution in [3.8, 4) is 0 Å². The molecule has 9 heteroatoms. The van der Waals surface area contributed by atoms with E-state index in [2.05, 4.69) is 10.0 Å². The topological polar surface area (TPSA) is 140 Å². The van der Waals surface area contributed by atoms with Crippen LogP contribution in [0, 0.1) is 0 Å². The maximum Gasteiger partial charge on any atom is 0.249 e. The maximum atomic E-state index is 11.2. The number of hydrogen-bond donors (Lipinski definition) is 2. The lowest BCUT2D eigenvalue weighted by molar-refractivity contribution is -0.259. The summed E-state index contributed by atoms with van der Waals surface area (Å²) in [7, 11) is 2.58. The molecule has 0 aliphatic carbocycles. The fraction of sp³-hybridized carbons (Fsp3) is 0.875. The van der Waals surface area contributed by atoms with E-state index in [1.54, 1.807) is 0 Å². The molecule has 0 spiro atoms. The molecule has 1 saturated heterocycles. The van der Waals surface area contributed by atoms with Gasteiger partial charge in [0.1, 0.15) is 12.2 Å². The summed E-state index contributed by atoms with van der Waals surface area (Å²) in [5.74, 6) is -0.788. The lowest BCUT2D eigenvalue weighted by Crippen LogP contribution is -2.61. The van der Waals surface area contributed by atoms with Gasteiger partial charge in [-0.25, -0.2) is 0 Å². The van der Waals surface area contributed by atoms with E-state index in [-0.39, 0.29) is 0 Å². The number of amides is 1. The summed E-state index contributed by atoms with van der Waals surface area (Å²) in [6.45, 7) is 0. The number of primary amides is 1. The Bertz CT molecular complexity index is 332. The van der Waals surface area contributed by atoms with Gasteiger partial charge in [0, 0.05) is 19.1 Å². The van der Waals surface area contributed by atoms with Crippen molar-refractivity contribution in [3.63, 3.8) is 0 Å². The Morgan fingerprint density at radius 1 is 1.53 bits per heavy atom. The quantitative estimate of drug-likeness (QED) is 0.368. The lowest BCUT2D eigenvalue weighted by Gasteiger charge is -2.40. The molecule has 0 bridgehead atoms. The number of carbonyl (C=O) groups excluding carboxylic acids is 1. The molecule has 9 nitrogen and oxygen atoms in total. The predicted octanol–water partition coefficient (Wildman–Crippen LogP) is -1.10. The van der Waals surface area contributed by atoms with Gasteiger partial charge < -0.3 is 25.1 Å². The number of rotatable bonds is 4. The summed E-state index contributed by atoms with van der Waals surface area (Å²) < 4.78 is 15.0. The van der Waals surface area contributed by atoms with E-state index in [1.807, 2.05) is 0 Å². The highest BCUT2D eigenvalue weighted by Crippen LogP contribution is 2.26. The first-order chi connectivity index (χ1) is 8.06. The third-order valence-corrected chi connectivity index (χ3v) is 2.51. The molecular formula is C8H14N4O5. The smallest absolute Gasteiger partial charge is 0.249 e. The first-order valence-corrected chi connectivity index (χ1v) is 4.79. The molecule has 0 aromatic carbocycles. The Morgan fingerprint density at radius 3 is 2.59 bits per heavy atom. The fourth-order valence-electron chi connectivity index (χ4n) is 1.72. The maximum absolute atomic E-state index is 11.2. The monoisotopic (exact) mass is 246 g/mol. The Kier molecular flexibility index (Phi) is 4.67. The standard InChI is InChI=1S/C8H14N4O5/c1-15-5-3(11-12-10)4(13)8(16-2)17-6(5)7(9)14/h3-6,8,13H,1-2H3,(H2,9,14)/t3-,4-,5+,6+,8-/m1/s1. The van der Waals surface area contributed by atoms with Crippen LogP contribution in [0.25, 0.3) is 10.4 Å². The molecule has 1 rings (SSSR count). The van der Waals surface area contributed by atoms with Crippen molar-refractivity contribution >= 4 is 5.91 Å². The van der Waals surface area contributed by atoms with Crippen molar-refractivity contribution < 1.29 is 24.1 Å². The van der Waals surface area contributed by atoms with Crippen LogP contribution in [0.15, 0.2) is 5.11 Å². The van der Waals surface area contributed by atoms with E-state index in [0.29, 0.717) is 0 Å². The van der Waals surface area contributed by atoms with Crippen LogP contribution in [0.3, 0.4) is 0 Å². The lowest BCUT2D eigenvalue weighted by atomic mass is 9.96. The minimum atomic E-state index is -1.24. The van der Waals surface area contributed by atoms with Gasteiger partial charge in [-0.15, -0.1) is 0 Å². The number of nitrogens with two attached hydrogens (primary N) is 1.